The molecular formula is C9H10ClNO5S. The first-order valence-electron chi connectivity index (χ1n) is 4.58. The van der Waals surface area contributed by atoms with Crippen LogP contribution in [0.2, 0.25) is 0 Å². The van der Waals surface area contributed by atoms with E-state index in [0.717, 1.165) is 0 Å². The Bertz CT molecular complexity index is 502. The maximum atomic E-state index is 11.1. The van der Waals surface area contributed by atoms with Gasteiger partial charge in [-0.3, -0.25) is 0 Å². The molecule has 1 aromatic rings. The number of rotatable bonds is 4. The summed E-state index contributed by atoms with van der Waals surface area (Å²) < 4.78 is 32.4. The highest BCUT2D eigenvalue weighted by Crippen LogP contribution is 2.19. The minimum absolute atomic E-state index is 0.147. The molecule has 0 aliphatic rings. The summed E-state index contributed by atoms with van der Waals surface area (Å²) in [5, 5.41) is 0. The van der Waals surface area contributed by atoms with Crippen LogP contribution in [0.1, 0.15) is 6.92 Å². The van der Waals surface area contributed by atoms with Gasteiger partial charge < -0.3 is 9.47 Å². The predicted octanol–water partition coefficient (Wildman–Crippen LogP) is 1.66. The second-order valence-electron chi connectivity index (χ2n) is 2.84. The number of carbonyl (C=O) groups excluding carboxylic acids is 1. The molecule has 0 aromatic heterocycles. The van der Waals surface area contributed by atoms with Crippen molar-refractivity contribution in [2.45, 2.75) is 6.92 Å². The lowest BCUT2D eigenvalue weighted by atomic mass is 10.3. The van der Waals surface area contributed by atoms with Crippen molar-refractivity contribution in [3.05, 3.63) is 24.3 Å². The lowest BCUT2D eigenvalue weighted by Gasteiger charge is -2.06. The normalized spacial score (nSPS) is 10.7. The molecule has 0 spiro atoms. The summed E-state index contributed by atoms with van der Waals surface area (Å²) in [6, 6.07) is 6.20. The van der Waals surface area contributed by atoms with E-state index >= 15 is 0 Å². The molecule has 0 heterocycles. The molecule has 1 amide bonds. The molecule has 1 aromatic carbocycles. The second kappa shape index (κ2) is 5.74. The Kier molecular flexibility index (Phi) is 4.59. The van der Waals surface area contributed by atoms with E-state index in [1.807, 2.05) is 0 Å². The average Bonchev–Trinajstić information content (AvgIpc) is 2.15. The summed E-state index contributed by atoms with van der Waals surface area (Å²) >= 11 is 0. The fourth-order valence-electron chi connectivity index (χ4n) is 1.02. The number of ether oxygens (including phenoxy) is 2. The molecule has 0 atom stereocenters. The van der Waals surface area contributed by atoms with Crippen LogP contribution in [0.3, 0.4) is 0 Å². The summed E-state index contributed by atoms with van der Waals surface area (Å²) in [7, 11) is 0.663. The minimum Gasteiger partial charge on any atom is -0.494 e. The highest BCUT2D eigenvalue weighted by Gasteiger charge is 2.12. The van der Waals surface area contributed by atoms with Crippen LogP contribution in [-0.2, 0) is 9.24 Å². The standard InChI is InChI=1S/C9H10ClNO5S/c1-2-15-7-4-3-5-8(6-7)16-9(12)11-17(10,13)14/h3-6H,2H2,1H3,(H,11,12). The maximum absolute atomic E-state index is 11.1. The topological polar surface area (TPSA) is 81.7 Å². The molecule has 1 N–H and O–H groups in total. The molecule has 0 unspecified atom stereocenters. The highest BCUT2D eigenvalue weighted by atomic mass is 35.7. The molecule has 0 saturated heterocycles. The molecule has 0 bridgehead atoms. The molecule has 0 radical (unpaired) electrons. The molecule has 0 aliphatic heterocycles. The smallest absolute Gasteiger partial charge is 0.427 e. The van der Waals surface area contributed by atoms with Crippen molar-refractivity contribution in [1.82, 2.24) is 4.72 Å². The van der Waals surface area contributed by atoms with E-state index in [2.05, 4.69) is 4.74 Å². The second-order valence-corrected chi connectivity index (χ2v) is 5.14. The van der Waals surface area contributed by atoms with E-state index in [9.17, 15) is 13.2 Å². The third kappa shape index (κ3) is 5.41. The number of carbonyl (C=O) groups is 1. The van der Waals surface area contributed by atoms with Crippen molar-refractivity contribution in [3.8, 4) is 11.5 Å². The summed E-state index contributed by atoms with van der Waals surface area (Å²) in [4.78, 5) is 11.1. The first kappa shape index (κ1) is 13.6. The van der Waals surface area contributed by atoms with E-state index in [1.165, 1.54) is 16.9 Å². The fraction of sp³-hybridized carbons (Fsp3) is 0.222. The van der Waals surface area contributed by atoms with Crippen molar-refractivity contribution < 1.29 is 22.7 Å². The van der Waals surface area contributed by atoms with Gasteiger partial charge in [-0.1, -0.05) is 6.07 Å². The largest absolute Gasteiger partial charge is 0.494 e. The Hall–Kier alpha value is -1.47. The van der Waals surface area contributed by atoms with Crippen molar-refractivity contribution >= 4 is 26.0 Å². The zero-order chi connectivity index (χ0) is 12.9. The van der Waals surface area contributed by atoms with Crippen LogP contribution >= 0.6 is 10.7 Å². The molecule has 94 valence electrons. The molecule has 8 heteroatoms. The van der Waals surface area contributed by atoms with Gasteiger partial charge in [-0.05, 0) is 19.1 Å². The Balaban J connectivity index is 2.68. The SMILES string of the molecule is CCOc1cccc(OC(=O)NS(=O)(=O)Cl)c1. The van der Waals surface area contributed by atoms with Gasteiger partial charge in [0.1, 0.15) is 11.5 Å². The number of nitrogens with one attached hydrogen (secondary N) is 1. The minimum atomic E-state index is -4.15. The van der Waals surface area contributed by atoms with Gasteiger partial charge in [0.25, 0.3) is 0 Å². The van der Waals surface area contributed by atoms with Crippen LogP contribution < -0.4 is 14.2 Å². The van der Waals surface area contributed by atoms with Gasteiger partial charge in [0.2, 0.25) is 0 Å². The summed E-state index contributed by atoms with van der Waals surface area (Å²) in [5.74, 6) is 0.653. The van der Waals surface area contributed by atoms with Crippen LogP contribution in [0, 0.1) is 0 Å². The fourth-order valence-corrected chi connectivity index (χ4v) is 1.45. The number of hydrogen-bond acceptors (Lipinski definition) is 5. The van der Waals surface area contributed by atoms with E-state index in [1.54, 1.807) is 19.1 Å². The van der Waals surface area contributed by atoms with Gasteiger partial charge in [-0.2, -0.15) is 8.42 Å². The van der Waals surface area contributed by atoms with E-state index in [-0.39, 0.29) is 5.75 Å². The molecular weight excluding hydrogens is 270 g/mol. The van der Waals surface area contributed by atoms with Gasteiger partial charge in [-0.25, -0.2) is 9.52 Å². The van der Waals surface area contributed by atoms with Crippen molar-refractivity contribution in [3.63, 3.8) is 0 Å². The number of benzene rings is 1. The van der Waals surface area contributed by atoms with Crippen molar-refractivity contribution in [2.24, 2.45) is 0 Å². The number of hydrogen-bond donors (Lipinski definition) is 1. The first-order chi connectivity index (χ1) is 7.90. The average molecular weight is 280 g/mol. The van der Waals surface area contributed by atoms with Crippen LogP contribution in [0.5, 0.6) is 11.5 Å². The monoisotopic (exact) mass is 279 g/mol. The maximum Gasteiger partial charge on any atom is 0.427 e. The lowest BCUT2D eigenvalue weighted by Crippen LogP contribution is -2.29. The van der Waals surface area contributed by atoms with Gasteiger partial charge in [-0.15, -0.1) is 0 Å². The number of amides is 1. The Labute approximate surface area is 103 Å². The van der Waals surface area contributed by atoms with Crippen LogP contribution in [0.4, 0.5) is 4.79 Å². The van der Waals surface area contributed by atoms with Crippen molar-refractivity contribution in [2.75, 3.05) is 6.61 Å². The molecule has 17 heavy (non-hydrogen) atoms. The van der Waals surface area contributed by atoms with Gasteiger partial charge in [0, 0.05) is 16.7 Å². The molecule has 0 saturated carbocycles. The Morgan fingerprint density at radius 3 is 2.65 bits per heavy atom. The third-order valence-electron chi connectivity index (χ3n) is 1.53. The lowest BCUT2D eigenvalue weighted by molar-refractivity contribution is 0.207. The zero-order valence-electron chi connectivity index (χ0n) is 8.84. The molecule has 1 rings (SSSR count). The van der Waals surface area contributed by atoms with Crippen LogP contribution in [0.25, 0.3) is 0 Å². The molecule has 0 aliphatic carbocycles. The highest BCUT2D eigenvalue weighted by molar-refractivity contribution is 8.12. The zero-order valence-corrected chi connectivity index (χ0v) is 10.4. The van der Waals surface area contributed by atoms with E-state index < -0.39 is 15.3 Å². The first-order valence-corrected chi connectivity index (χ1v) is 6.88. The summed E-state index contributed by atoms with van der Waals surface area (Å²) in [6.07, 6.45) is -1.19. The molecule has 0 fully saturated rings. The van der Waals surface area contributed by atoms with Crippen LogP contribution in [0.15, 0.2) is 24.3 Å². The van der Waals surface area contributed by atoms with E-state index in [0.29, 0.717) is 12.4 Å². The van der Waals surface area contributed by atoms with Gasteiger partial charge in [0.15, 0.2) is 0 Å². The summed E-state index contributed by atoms with van der Waals surface area (Å²) in [6.45, 7) is 2.27. The number of halogens is 1. The Morgan fingerprint density at radius 1 is 1.41 bits per heavy atom. The van der Waals surface area contributed by atoms with Crippen LogP contribution in [-0.4, -0.2) is 21.1 Å². The van der Waals surface area contributed by atoms with Gasteiger partial charge >= 0.3 is 15.3 Å². The van der Waals surface area contributed by atoms with E-state index in [4.69, 9.17) is 15.4 Å². The third-order valence-corrected chi connectivity index (χ3v) is 2.17. The van der Waals surface area contributed by atoms with Crippen molar-refractivity contribution in [1.29, 1.82) is 0 Å². The van der Waals surface area contributed by atoms with Gasteiger partial charge in [0.05, 0.1) is 6.61 Å². The quantitative estimate of drug-likeness (QED) is 0.848. The Morgan fingerprint density at radius 2 is 2.06 bits per heavy atom. The summed E-state index contributed by atoms with van der Waals surface area (Å²) in [5.41, 5.74) is 0. The molecule has 6 nitrogen and oxygen atoms in total. The predicted molar refractivity (Wildman–Crippen MR) is 61.5 cm³/mol.